The van der Waals surface area contributed by atoms with E-state index in [0.717, 1.165) is 10.0 Å². The Morgan fingerprint density at radius 3 is 2.69 bits per heavy atom. The first-order valence-electron chi connectivity index (χ1n) is 3.86. The smallest absolute Gasteiger partial charge is 0.0449 e. The molecule has 4 heteroatoms. The second-order valence-corrected chi connectivity index (χ2v) is 3.59. The summed E-state index contributed by atoms with van der Waals surface area (Å²) in [6.07, 6.45) is 0.608. The average molecular weight is 267 g/mol. The fourth-order valence-electron chi connectivity index (χ4n) is 1.04. The van der Waals surface area contributed by atoms with E-state index in [1.165, 1.54) is 0 Å². The molecule has 0 saturated carbocycles. The van der Waals surface area contributed by atoms with E-state index in [4.69, 9.17) is 10.8 Å². The highest BCUT2D eigenvalue weighted by molar-refractivity contribution is 9.10. The highest BCUT2D eigenvalue weighted by Crippen LogP contribution is 2.18. The van der Waals surface area contributed by atoms with Gasteiger partial charge in [0.15, 0.2) is 0 Å². The maximum absolute atomic E-state index is 8.68. The van der Waals surface area contributed by atoms with Crippen molar-refractivity contribution < 1.29 is 5.11 Å². The molecule has 0 radical (unpaired) electrons. The molecular formula is C9H13BrClNO. The SMILES string of the molecule is Cl.N[C@H](CCO)c1cccc(Br)c1. The van der Waals surface area contributed by atoms with Crippen molar-refractivity contribution in [3.05, 3.63) is 34.3 Å². The third-order valence-corrected chi connectivity index (χ3v) is 2.21. The second-order valence-electron chi connectivity index (χ2n) is 2.67. The Kier molecular flexibility index (Phi) is 6.33. The first-order chi connectivity index (χ1) is 5.74. The van der Waals surface area contributed by atoms with E-state index in [0.29, 0.717) is 6.42 Å². The van der Waals surface area contributed by atoms with Gasteiger partial charge in [0.1, 0.15) is 0 Å². The predicted molar refractivity (Wildman–Crippen MR) is 60.0 cm³/mol. The summed E-state index contributed by atoms with van der Waals surface area (Å²) in [5, 5.41) is 8.68. The van der Waals surface area contributed by atoms with Gasteiger partial charge in [0.2, 0.25) is 0 Å². The molecule has 0 amide bonds. The Morgan fingerprint density at radius 1 is 1.46 bits per heavy atom. The summed E-state index contributed by atoms with van der Waals surface area (Å²) in [6.45, 7) is 0.133. The summed E-state index contributed by atoms with van der Waals surface area (Å²) >= 11 is 3.36. The Hall–Kier alpha value is -0.0900. The van der Waals surface area contributed by atoms with E-state index in [1.54, 1.807) is 0 Å². The fourth-order valence-corrected chi connectivity index (χ4v) is 1.46. The average Bonchev–Trinajstić information content (AvgIpc) is 2.05. The molecule has 0 bridgehead atoms. The minimum Gasteiger partial charge on any atom is -0.396 e. The molecule has 1 rings (SSSR count). The molecule has 13 heavy (non-hydrogen) atoms. The van der Waals surface area contributed by atoms with Crippen molar-refractivity contribution in [1.82, 2.24) is 0 Å². The Morgan fingerprint density at radius 2 is 2.15 bits per heavy atom. The Labute approximate surface area is 92.7 Å². The largest absolute Gasteiger partial charge is 0.396 e. The first-order valence-corrected chi connectivity index (χ1v) is 4.65. The summed E-state index contributed by atoms with van der Waals surface area (Å²) in [5.41, 5.74) is 6.85. The number of rotatable bonds is 3. The van der Waals surface area contributed by atoms with Gasteiger partial charge in [0.25, 0.3) is 0 Å². The lowest BCUT2D eigenvalue weighted by atomic mass is 10.1. The molecule has 0 aliphatic rings. The van der Waals surface area contributed by atoms with Crippen LogP contribution in [0.2, 0.25) is 0 Å². The molecule has 2 nitrogen and oxygen atoms in total. The van der Waals surface area contributed by atoms with Gasteiger partial charge in [-0.1, -0.05) is 28.1 Å². The number of aliphatic hydroxyl groups excluding tert-OH is 1. The number of benzene rings is 1. The van der Waals surface area contributed by atoms with Crippen LogP contribution in [0.3, 0.4) is 0 Å². The van der Waals surface area contributed by atoms with E-state index in [-0.39, 0.29) is 25.1 Å². The lowest BCUT2D eigenvalue weighted by Gasteiger charge is -2.09. The summed E-state index contributed by atoms with van der Waals surface area (Å²) < 4.78 is 1.02. The van der Waals surface area contributed by atoms with Gasteiger partial charge in [-0.05, 0) is 24.1 Å². The predicted octanol–water partition coefficient (Wildman–Crippen LogP) is 2.25. The van der Waals surface area contributed by atoms with Crippen molar-refractivity contribution in [1.29, 1.82) is 0 Å². The van der Waals surface area contributed by atoms with Gasteiger partial charge in [-0.25, -0.2) is 0 Å². The summed E-state index contributed by atoms with van der Waals surface area (Å²) in [5.74, 6) is 0. The number of aliphatic hydroxyl groups is 1. The maximum Gasteiger partial charge on any atom is 0.0449 e. The highest BCUT2D eigenvalue weighted by atomic mass is 79.9. The van der Waals surface area contributed by atoms with Crippen LogP contribution < -0.4 is 5.73 Å². The molecule has 1 aromatic carbocycles. The van der Waals surface area contributed by atoms with Gasteiger partial charge in [-0.2, -0.15) is 0 Å². The highest BCUT2D eigenvalue weighted by Gasteiger charge is 2.04. The van der Waals surface area contributed by atoms with Crippen LogP contribution in [0.1, 0.15) is 18.0 Å². The van der Waals surface area contributed by atoms with Crippen molar-refractivity contribution in [3.8, 4) is 0 Å². The number of hydrogen-bond donors (Lipinski definition) is 2. The summed E-state index contributed by atoms with van der Waals surface area (Å²) in [6, 6.07) is 7.77. The van der Waals surface area contributed by atoms with Crippen LogP contribution in [0, 0.1) is 0 Å². The lowest BCUT2D eigenvalue weighted by molar-refractivity contribution is 0.276. The summed E-state index contributed by atoms with van der Waals surface area (Å²) in [7, 11) is 0. The Bertz CT molecular complexity index is 257. The van der Waals surface area contributed by atoms with Crippen molar-refractivity contribution in [2.24, 2.45) is 5.73 Å². The van der Waals surface area contributed by atoms with Crippen LogP contribution in [0.25, 0.3) is 0 Å². The molecule has 0 aliphatic carbocycles. The Balaban J connectivity index is 0.00000144. The zero-order valence-electron chi connectivity index (χ0n) is 7.11. The van der Waals surface area contributed by atoms with Gasteiger partial charge >= 0.3 is 0 Å². The monoisotopic (exact) mass is 265 g/mol. The third-order valence-electron chi connectivity index (χ3n) is 1.72. The van der Waals surface area contributed by atoms with Crippen LogP contribution in [-0.4, -0.2) is 11.7 Å². The van der Waals surface area contributed by atoms with Gasteiger partial charge < -0.3 is 10.8 Å². The number of hydrogen-bond acceptors (Lipinski definition) is 2. The van der Waals surface area contributed by atoms with Crippen molar-refractivity contribution in [3.63, 3.8) is 0 Å². The normalized spacial score (nSPS) is 11.9. The quantitative estimate of drug-likeness (QED) is 0.881. The minimum atomic E-state index is -0.0625. The van der Waals surface area contributed by atoms with Gasteiger partial charge in [-0.3, -0.25) is 0 Å². The van der Waals surface area contributed by atoms with Gasteiger partial charge in [-0.15, -0.1) is 12.4 Å². The molecule has 1 aromatic rings. The molecule has 74 valence electrons. The minimum absolute atomic E-state index is 0. The number of nitrogens with two attached hydrogens (primary N) is 1. The van der Waals surface area contributed by atoms with E-state index >= 15 is 0 Å². The maximum atomic E-state index is 8.68. The zero-order chi connectivity index (χ0) is 8.97. The molecule has 0 aliphatic heterocycles. The van der Waals surface area contributed by atoms with Gasteiger partial charge in [0.05, 0.1) is 0 Å². The fraction of sp³-hybridized carbons (Fsp3) is 0.333. The first kappa shape index (κ1) is 12.9. The lowest BCUT2D eigenvalue weighted by Crippen LogP contribution is -2.11. The van der Waals surface area contributed by atoms with Crippen molar-refractivity contribution in [2.45, 2.75) is 12.5 Å². The second kappa shape index (κ2) is 6.38. The van der Waals surface area contributed by atoms with Crippen molar-refractivity contribution in [2.75, 3.05) is 6.61 Å². The van der Waals surface area contributed by atoms with Gasteiger partial charge in [0, 0.05) is 17.1 Å². The van der Waals surface area contributed by atoms with Crippen LogP contribution in [0.5, 0.6) is 0 Å². The molecule has 1 atom stereocenters. The van der Waals surface area contributed by atoms with Crippen LogP contribution in [0.15, 0.2) is 28.7 Å². The molecule has 0 unspecified atom stereocenters. The standard InChI is InChI=1S/C9H12BrNO.ClH/c10-8-3-1-2-7(6-8)9(11)4-5-12;/h1-3,6,9,12H,4-5,11H2;1H/t9-;/m1./s1. The molecule has 0 fully saturated rings. The van der Waals surface area contributed by atoms with Crippen LogP contribution in [0.4, 0.5) is 0 Å². The van der Waals surface area contributed by atoms with E-state index in [9.17, 15) is 0 Å². The van der Waals surface area contributed by atoms with Crippen molar-refractivity contribution >= 4 is 28.3 Å². The topological polar surface area (TPSA) is 46.2 Å². The zero-order valence-corrected chi connectivity index (χ0v) is 9.51. The molecule has 0 spiro atoms. The summed E-state index contributed by atoms with van der Waals surface area (Å²) in [4.78, 5) is 0. The molecule has 3 N–H and O–H groups in total. The van der Waals surface area contributed by atoms with Crippen LogP contribution in [-0.2, 0) is 0 Å². The molecular weight excluding hydrogens is 253 g/mol. The third kappa shape index (κ3) is 4.09. The molecule has 0 heterocycles. The van der Waals surface area contributed by atoms with E-state index in [1.807, 2.05) is 24.3 Å². The molecule has 0 saturated heterocycles. The van der Waals surface area contributed by atoms with E-state index in [2.05, 4.69) is 15.9 Å². The number of halogens is 2. The molecule has 0 aromatic heterocycles. The van der Waals surface area contributed by atoms with E-state index < -0.39 is 0 Å². The van der Waals surface area contributed by atoms with Crippen LogP contribution >= 0.6 is 28.3 Å².